The minimum atomic E-state index is -1.24. The fourth-order valence-electron chi connectivity index (χ4n) is 4.98. The molecule has 0 aromatic heterocycles. The van der Waals surface area contributed by atoms with Crippen LogP contribution in [0.1, 0.15) is 45.2 Å². The van der Waals surface area contributed by atoms with E-state index in [1.54, 1.807) is 30.3 Å². The topological polar surface area (TPSA) is 112 Å². The lowest BCUT2D eigenvalue weighted by Crippen LogP contribution is -2.61. The number of aliphatic carboxylic acids is 1. The molecule has 1 saturated heterocycles. The molecule has 3 atom stereocenters. The average molecular weight is 403 g/mol. The number of carboxylic acids is 1. The highest BCUT2D eigenvalue weighted by molar-refractivity contribution is 6.24. The fourth-order valence-corrected chi connectivity index (χ4v) is 4.98. The molecule has 1 amide bonds. The van der Waals surface area contributed by atoms with Crippen molar-refractivity contribution >= 4 is 29.5 Å². The molecule has 2 aromatic carbocycles. The highest BCUT2D eigenvalue weighted by atomic mass is 16.4. The first-order valence-corrected chi connectivity index (χ1v) is 9.60. The first kappa shape index (κ1) is 18.4. The summed E-state index contributed by atoms with van der Waals surface area (Å²) in [5, 5.41) is 19.7. The summed E-state index contributed by atoms with van der Waals surface area (Å²) in [7, 11) is 0. The van der Waals surface area contributed by atoms with Crippen molar-refractivity contribution in [2.45, 2.75) is 25.5 Å². The third-order valence-electron chi connectivity index (χ3n) is 6.26. The van der Waals surface area contributed by atoms with Gasteiger partial charge >= 0.3 is 5.97 Å². The Bertz CT molecular complexity index is 1210. The van der Waals surface area contributed by atoms with Gasteiger partial charge in [0.15, 0.2) is 12.1 Å². The molecule has 2 aromatic rings. The summed E-state index contributed by atoms with van der Waals surface area (Å²) in [4.78, 5) is 50.3. The average Bonchev–Trinajstić information content (AvgIpc) is 3.21. The van der Waals surface area contributed by atoms with Crippen LogP contribution in [0.15, 0.2) is 42.1 Å². The molecule has 2 aliphatic heterocycles. The smallest absolute Gasteiger partial charge is 0.352 e. The van der Waals surface area contributed by atoms with Crippen molar-refractivity contribution < 1.29 is 29.4 Å². The lowest BCUT2D eigenvalue weighted by atomic mass is 9.82. The quantitative estimate of drug-likeness (QED) is 0.510. The van der Waals surface area contributed by atoms with Crippen LogP contribution in [0.25, 0.3) is 16.7 Å². The molecule has 3 aliphatic rings. The third-order valence-corrected chi connectivity index (χ3v) is 6.26. The Hall–Kier alpha value is -3.58. The van der Waals surface area contributed by atoms with E-state index in [1.807, 2.05) is 0 Å². The Kier molecular flexibility index (Phi) is 3.82. The van der Waals surface area contributed by atoms with Gasteiger partial charge in [-0.05, 0) is 47.7 Å². The van der Waals surface area contributed by atoms with Gasteiger partial charge in [0, 0.05) is 16.7 Å². The van der Waals surface area contributed by atoms with Gasteiger partial charge in [0.25, 0.3) is 0 Å². The zero-order valence-electron chi connectivity index (χ0n) is 16.0. The van der Waals surface area contributed by atoms with Crippen molar-refractivity contribution in [1.82, 2.24) is 4.90 Å². The highest BCUT2D eigenvalue weighted by Crippen LogP contribution is 2.48. The maximum atomic E-state index is 12.8. The Balaban J connectivity index is 1.70. The van der Waals surface area contributed by atoms with Crippen LogP contribution in [0.2, 0.25) is 0 Å². The Morgan fingerprint density at radius 2 is 1.87 bits per heavy atom. The summed E-state index contributed by atoms with van der Waals surface area (Å²) in [6.45, 7) is 1.51. The van der Waals surface area contributed by atoms with E-state index in [1.165, 1.54) is 17.9 Å². The van der Waals surface area contributed by atoms with Gasteiger partial charge in [-0.2, -0.15) is 0 Å². The van der Waals surface area contributed by atoms with Crippen molar-refractivity contribution in [2.24, 2.45) is 5.92 Å². The van der Waals surface area contributed by atoms with Crippen LogP contribution in [0.5, 0.6) is 0 Å². The monoisotopic (exact) mass is 403 g/mol. The Labute approximate surface area is 171 Å². The van der Waals surface area contributed by atoms with E-state index in [2.05, 4.69) is 0 Å². The van der Waals surface area contributed by atoms with Gasteiger partial charge in [-0.1, -0.05) is 24.3 Å². The molecular formula is C23H17NO6. The van der Waals surface area contributed by atoms with Crippen LogP contribution in [0.4, 0.5) is 0 Å². The van der Waals surface area contributed by atoms with E-state index in [4.69, 9.17) is 0 Å². The molecule has 1 aliphatic carbocycles. The van der Waals surface area contributed by atoms with Crippen LogP contribution in [0.3, 0.4) is 0 Å². The summed E-state index contributed by atoms with van der Waals surface area (Å²) in [6, 6.07) is 9.84. The summed E-state index contributed by atoms with van der Waals surface area (Å²) in [6.07, 6.45) is -0.0285. The van der Waals surface area contributed by atoms with Gasteiger partial charge in [-0.3, -0.25) is 14.4 Å². The van der Waals surface area contributed by atoms with Gasteiger partial charge < -0.3 is 15.1 Å². The molecule has 0 unspecified atom stereocenters. The largest absolute Gasteiger partial charge is 0.477 e. The summed E-state index contributed by atoms with van der Waals surface area (Å²) < 4.78 is 0. The predicted octanol–water partition coefficient (Wildman–Crippen LogP) is 2.12. The normalized spacial score (nSPS) is 22.4. The van der Waals surface area contributed by atoms with Crippen LogP contribution in [-0.2, 0) is 9.59 Å². The number of carbonyl (C=O) groups is 4. The number of hydrogen-bond donors (Lipinski definition) is 2. The number of rotatable bonds is 4. The van der Waals surface area contributed by atoms with Crippen LogP contribution >= 0.6 is 0 Å². The zero-order chi connectivity index (χ0) is 21.3. The first-order valence-electron chi connectivity index (χ1n) is 9.60. The SMILES string of the molecule is C[C@@H](O)[C@H]1C(=O)N2C(C(=O)O)=C(c3cc(C=O)c4c(c3)-c3ccccc3C4=O)C[C@H]12. The van der Waals surface area contributed by atoms with Gasteiger partial charge in [0.2, 0.25) is 5.91 Å². The van der Waals surface area contributed by atoms with E-state index >= 15 is 0 Å². The number of fused-ring (bicyclic) bond motifs is 4. The van der Waals surface area contributed by atoms with Gasteiger partial charge in [-0.15, -0.1) is 0 Å². The molecule has 0 saturated carbocycles. The predicted molar refractivity (Wildman–Crippen MR) is 106 cm³/mol. The first-order chi connectivity index (χ1) is 14.3. The standard InChI is InChI=1S/C23H17NO6/c1-10(26)18-17-8-15(20(23(29)30)24(17)22(18)28)11-6-12(9-25)19-16(7-11)13-4-2-3-5-14(13)21(19)27/h2-7,9-10,17-18,26H,8H2,1H3,(H,29,30)/t10-,17-,18-/m1/s1. The zero-order valence-corrected chi connectivity index (χ0v) is 16.0. The minimum Gasteiger partial charge on any atom is -0.477 e. The molecule has 2 N–H and O–H groups in total. The number of nitrogens with zero attached hydrogens (tertiary/aromatic N) is 1. The number of hydrogen-bond acceptors (Lipinski definition) is 5. The molecule has 0 bridgehead atoms. The van der Waals surface area contributed by atoms with Crippen molar-refractivity contribution in [3.05, 3.63) is 64.3 Å². The van der Waals surface area contributed by atoms with Crippen molar-refractivity contribution in [3.8, 4) is 11.1 Å². The van der Waals surface area contributed by atoms with Crippen molar-refractivity contribution in [3.63, 3.8) is 0 Å². The number of aliphatic hydroxyl groups is 1. The molecule has 1 fully saturated rings. The second-order valence-corrected chi connectivity index (χ2v) is 7.86. The molecule has 5 rings (SSSR count). The molecule has 30 heavy (non-hydrogen) atoms. The number of benzene rings is 2. The number of aliphatic hydroxyl groups excluding tert-OH is 1. The number of carbonyl (C=O) groups excluding carboxylic acids is 3. The maximum absolute atomic E-state index is 12.8. The second-order valence-electron chi connectivity index (χ2n) is 7.86. The summed E-state index contributed by atoms with van der Waals surface area (Å²) in [5.74, 6) is -2.55. The Morgan fingerprint density at radius 3 is 2.50 bits per heavy atom. The van der Waals surface area contributed by atoms with E-state index in [0.29, 0.717) is 39.7 Å². The molecule has 7 nitrogen and oxygen atoms in total. The van der Waals surface area contributed by atoms with Gasteiger partial charge in [0.1, 0.15) is 5.70 Å². The number of carboxylic acid groups (broad SMARTS) is 1. The third kappa shape index (κ3) is 2.23. The van der Waals surface area contributed by atoms with Crippen molar-refractivity contribution in [1.29, 1.82) is 0 Å². The second kappa shape index (κ2) is 6.21. The molecule has 7 heteroatoms. The molecular weight excluding hydrogens is 386 g/mol. The number of amides is 1. The van der Waals surface area contributed by atoms with Crippen LogP contribution < -0.4 is 0 Å². The van der Waals surface area contributed by atoms with Crippen LogP contribution in [0, 0.1) is 5.92 Å². The molecule has 0 spiro atoms. The number of aldehydes is 1. The van der Waals surface area contributed by atoms with Crippen LogP contribution in [-0.4, -0.2) is 51.2 Å². The number of ketones is 1. The maximum Gasteiger partial charge on any atom is 0.352 e. The minimum absolute atomic E-state index is 0.128. The highest BCUT2D eigenvalue weighted by Gasteiger charge is 2.56. The summed E-state index contributed by atoms with van der Waals surface area (Å²) >= 11 is 0. The fraction of sp³-hybridized carbons (Fsp3) is 0.217. The molecule has 0 radical (unpaired) electrons. The lowest BCUT2D eigenvalue weighted by molar-refractivity contribution is -0.161. The van der Waals surface area contributed by atoms with E-state index in [-0.39, 0.29) is 23.5 Å². The molecule has 2 heterocycles. The molecule has 150 valence electrons. The Morgan fingerprint density at radius 1 is 1.17 bits per heavy atom. The van der Waals surface area contributed by atoms with Crippen molar-refractivity contribution in [2.75, 3.05) is 0 Å². The van der Waals surface area contributed by atoms with E-state index in [0.717, 1.165) is 0 Å². The van der Waals surface area contributed by atoms with Gasteiger partial charge in [0.05, 0.1) is 18.1 Å². The van der Waals surface area contributed by atoms with Gasteiger partial charge in [-0.25, -0.2) is 4.79 Å². The lowest BCUT2D eigenvalue weighted by Gasteiger charge is -2.44. The number of β-lactam (4-membered cyclic amide) rings is 1. The van der Waals surface area contributed by atoms with E-state index < -0.39 is 29.9 Å². The van der Waals surface area contributed by atoms with E-state index in [9.17, 15) is 29.4 Å². The summed E-state index contributed by atoms with van der Waals surface area (Å²) in [5.41, 5.74) is 3.06.